The van der Waals surface area contributed by atoms with Crippen LogP contribution in [0.25, 0.3) is 10.9 Å². The van der Waals surface area contributed by atoms with Crippen molar-refractivity contribution in [3.63, 3.8) is 0 Å². The fourth-order valence-electron chi connectivity index (χ4n) is 2.91. The van der Waals surface area contributed by atoms with Gasteiger partial charge < -0.3 is 14.8 Å². The van der Waals surface area contributed by atoms with Crippen LogP contribution < -0.4 is 10.1 Å². The number of rotatable bonds is 5. The zero-order valence-corrected chi connectivity index (χ0v) is 14.5. The van der Waals surface area contributed by atoms with E-state index in [1.807, 2.05) is 13.8 Å². The summed E-state index contributed by atoms with van der Waals surface area (Å²) in [5, 5.41) is 6.93. The number of anilines is 1. The largest absolute Gasteiger partial charge is 0.490 e. The molecule has 2 heterocycles. The number of fused-ring (bicyclic) bond motifs is 1. The molecule has 1 atom stereocenters. The summed E-state index contributed by atoms with van der Waals surface area (Å²) >= 11 is 0. The highest BCUT2D eigenvalue weighted by Gasteiger charge is 2.31. The first kappa shape index (κ1) is 18.5. The first-order valence-corrected chi connectivity index (χ1v) is 8.40. The third-order valence-electron chi connectivity index (χ3n) is 3.90. The molecule has 0 spiro atoms. The van der Waals surface area contributed by atoms with Crippen LogP contribution in [0.3, 0.4) is 0 Å². The lowest BCUT2D eigenvalue weighted by Gasteiger charge is -2.12. The van der Waals surface area contributed by atoms with Crippen LogP contribution in [0.1, 0.15) is 26.7 Å². The molecule has 1 aliphatic heterocycles. The van der Waals surface area contributed by atoms with Gasteiger partial charge in [-0.05, 0) is 38.8 Å². The summed E-state index contributed by atoms with van der Waals surface area (Å²) in [7, 11) is 0. The predicted molar refractivity (Wildman–Crippen MR) is 89.2 cm³/mol. The number of hydrogen-bond acceptors (Lipinski definition) is 4. The van der Waals surface area contributed by atoms with E-state index < -0.39 is 24.7 Å². The molecule has 3 rings (SSSR count). The van der Waals surface area contributed by atoms with Gasteiger partial charge in [-0.2, -0.15) is 18.3 Å². The Labute approximate surface area is 148 Å². The highest BCUT2D eigenvalue weighted by atomic mass is 19.4. The van der Waals surface area contributed by atoms with E-state index in [4.69, 9.17) is 9.47 Å². The molecule has 142 valence electrons. The Kier molecular flexibility index (Phi) is 5.08. The van der Waals surface area contributed by atoms with Crippen LogP contribution in [-0.4, -0.2) is 40.7 Å². The van der Waals surface area contributed by atoms with Crippen LogP contribution >= 0.6 is 0 Å². The summed E-state index contributed by atoms with van der Waals surface area (Å²) in [5.74, 6) is -0.00465. The number of carbonyl (C=O) groups excluding carboxylic acids is 1. The quantitative estimate of drug-likeness (QED) is 0.874. The monoisotopic (exact) mass is 371 g/mol. The smallest absolute Gasteiger partial charge is 0.408 e. The molecule has 1 aliphatic rings. The fraction of sp³-hybridized carbons (Fsp3) is 0.529. The molecule has 0 unspecified atom stereocenters. The van der Waals surface area contributed by atoms with Gasteiger partial charge in [-0.15, -0.1) is 0 Å². The summed E-state index contributed by atoms with van der Waals surface area (Å²) in [5.41, 5.74) is 0.239. The molecule has 2 aromatic rings. The lowest BCUT2D eigenvalue weighted by Crippen LogP contribution is -2.27. The molecular weight excluding hydrogens is 351 g/mol. The van der Waals surface area contributed by atoms with Crippen molar-refractivity contribution in [3.8, 4) is 5.75 Å². The second-order valence-electron chi connectivity index (χ2n) is 6.43. The molecule has 9 heteroatoms. The molecule has 1 aromatic carbocycles. The standard InChI is InChI=1S/C17H20F3N3O3/c1-10(2)26-12-6-3-5-11-14(12)15(22-23(11)9-17(18,19)20)21-16(24)13-7-4-8-25-13/h3,5-6,10,13H,4,7-9H2,1-2H3,(H,21,22,24)/t13-/m1/s1. The van der Waals surface area contributed by atoms with Gasteiger partial charge in [0.15, 0.2) is 5.82 Å². The van der Waals surface area contributed by atoms with E-state index in [0.29, 0.717) is 24.2 Å². The molecule has 0 saturated carbocycles. The van der Waals surface area contributed by atoms with Crippen LogP contribution in [0.5, 0.6) is 5.75 Å². The number of ether oxygens (including phenoxy) is 2. The number of hydrogen-bond donors (Lipinski definition) is 1. The minimum absolute atomic E-state index is 0.0426. The third kappa shape index (κ3) is 4.09. The maximum atomic E-state index is 12.9. The zero-order chi connectivity index (χ0) is 18.9. The second kappa shape index (κ2) is 7.14. The minimum atomic E-state index is -4.44. The van der Waals surface area contributed by atoms with Crippen molar-refractivity contribution < 1.29 is 27.4 Å². The number of aromatic nitrogens is 2. The van der Waals surface area contributed by atoms with Gasteiger partial charge in [-0.3, -0.25) is 9.48 Å². The molecule has 1 amide bonds. The van der Waals surface area contributed by atoms with E-state index in [1.165, 1.54) is 6.07 Å². The highest BCUT2D eigenvalue weighted by molar-refractivity contribution is 6.04. The predicted octanol–water partition coefficient (Wildman–Crippen LogP) is 3.50. The number of halogens is 3. The van der Waals surface area contributed by atoms with Gasteiger partial charge >= 0.3 is 6.18 Å². The van der Waals surface area contributed by atoms with E-state index in [-0.39, 0.29) is 17.4 Å². The van der Waals surface area contributed by atoms with Gasteiger partial charge in [0.05, 0.1) is 17.0 Å². The van der Waals surface area contributed by atoms with Gasteiger partial charge in [-0.25, -0.2) is 0 Å². The van der Waals surface area contributed by atoms with Crippen molar-refractivity contribution in [3.05, 3.63) is 18.2 Å². The first-order chi connectivity index (χ1) is 12.2. The van der Waals surface area contributed by atoms with Crippen molar-refractivity contribution in [2.45, 2.75) is 51.6 Å². The van der Waals surface area contributed by atoms with E-state index >= 15 is 0 Å². The molecule has 1 N–H and O–H groups in total. The maximum absolute atomic E-state index is 12.9. The minimum Gasteiger partial charge on any atom is -0.490 e. The highest BCUT2D eigenvalue weighted by Crippen LogP contribution is 2.34. The molecule has 6 nitrogen and oxygen atoms in total. The fourth-order valence-corrected chi connectivity index (χ4v) is 2.91. The maximum Gasteiger partial charge on any atom is 0.408 e. The summed E-state index contributed by atoms with van der Waals surface area (Å²) < 4.78 is 50.5. The van der Waals surface area contributed by atoms with Crippen LogP contribution in [0.4, 0.5) is 19.0 Å². The number of amides is 1. The second-order valence-corrected chi connectivity index (χ2v) is 6.43. The number of benzene rings is 1. The van der Waals surface area contributed by atoms with Gasteiger partial charge in [0.2, 0.25) is 0 Å². The lowest BCUT2D eigenvalue weighted by atomic mass is 10.2. The van der Waals surface area contributed by atoms with Gasteiger partial charge in [0, 0.05) is 6.61 Å². The summed E-state index contributed by atoms with van der Waals surface area (Å²) in [6, 6.07) is 4.76. The first-order valence-electron chi connectivity index (χ1n) is 8.40. The molecule has 0 radical (unpaired) electrons. The molecule has 1 aromatic heterocycles. The normalized spacial score (nSPS) is 17.8. The summed E-state index contributed by atoms with van der Waals surface area (Å²) in [6.07, 6.45) is -3.90. The van der Waals surface area contributed by atoms with Crippen LogP contribution in [0.15, 0.2) is 18.2 Å². The Morgan fingerprint density at radius 1 is 1.46 bits per heavy atom. The lowest BCUT2D eigenvalue weighted by molar-refractivity contribution is -0.141. The molecule has 0 bridgehead atoms. The molecular formula is C17H20F3N3O3. The summed E-state index contributed by atoms with van der Waals surface area (Å²) in [6.45, 7) is 2.85. The van der Waals surface area contributed by atoms with Crippen LogP contribution in [0.2, 0.25) is 0 Å². The Morgan fingerprint density at radius 2 is 2.23 bits per heavy atom. The average Bonchev–Trinajstić information content (AvgIpc) is 3.15. The number of alkyl halides is 3. The van der Waals surface area contributed by atoms with Crippen molar-refractivity contribution in [1.82, 2.24) is 9.78 Å². The van der Waals surface area contributed by atoms with Crippen molar-refractivity contribution >= 4 is 22.6 Å². The number of nitrogens with one attached hydrogen (secondary N) is 1. The Balaban J connectivity index is 2.02. The molecule has 1 saturated heterocycles. The average molecular weight is 371 g/mol. The van der Waals surface area contributed by atoms with Gasteiger partial charge in [0.25, 0.3) is 5.91 Å². The van der Waals surface area contributed by atoms with Crippen LogP contribution in [-0.2, 0) is 16.1 Å². The third-order valence-corrected chi connectivity index (χ3v) is 3.90. The Morgan fingerprint density at radius 3 is 2.85 bits per heavy atom. The van der Waals surface area contributed by atoms with E-state index in [1.54, 1.807) is 12.1 Å². The summed E-state index contributed by atoms with van der Waals surface area (Å²) in [4.78, 5) is 12.3. The van der Waals surface area contributed by atoms with E-state index in [0.717, 1.165) is 11.1 Å². The SMILES string of the molecule is CC(C)Oc1cccc2c1c(NC(=O)[C@H]1CCCO1)nn2CC(F)(F)F. The van der Waals surface area contributed by atoms with Crippen LogP contribution in [0, 0.1) is 0 Å². The molecule has 1 fully saturated rings. The van der Waals surface area contributed by atoms with E-state index in [2.05, 4.69) is 10.4 Å². The van der Waals surface area contributed by atoms with Crippen molar-refractivity contribution in [2.75, 3.05) is 11.9 Å². The van der Waals surface area contributed by atoms with Gasteiger partial charge in [0.1, 0.15) is 18.4 Å². The zero-order valence-electron chi connectivity index (χ0n) is 14.5. The Bertz CT molecular complexity index is 796. The van der Waals surface area contributed by atoms with E-state index in [9.17, 15) is 18.0 Å². The number of nitrogens with zero attached hydrogens (tertiary/aromatic N) is 2. The Hall–Kier alpha value is -2.29. The van der Waals surface area contributed by atoms with Gasteiger partial charge in [-0.1, -0.05) is 6.07 Å². The van der Waals surface area contributed by atoms with Crippen molar-refractivity contribution in [1.29, 1.82) is 0 Å². The molecule has 26 heavy (non-hydrogen) atoms. The topological polar surface area (TPSA) is 65.4 Å². The molecule has 0 aliphatic carbocycles. The number of carbonyl (C=O) groups is 1. The van der Waals surface area contributed by atoms with Crippen molar-refractivity contribution in [2.24, 2.45) is 0 Å².